The Morgan fingerprint density at radius 3 is 2.95 bits per heavy atom. The van der Waals surface area contributed by atoms with Crippen LogP contribution in [0.4, 0.5) is 8.78 Å². The molecule has 1 fully saturated rings. The molecule has 0 saturated carbocycles. The number of carbonyl (C=O) groups excluding carboxylic acids is 1. The maximum absolute atomic E-state index is 13.6. The lowest BCUT2D eigenvalue weighted by molar-refractivity contribution is -0.123. The Labute approximate surface area is 111 Å². The van der Waals surface area contributed by atoms with Crippen molar-refractivity contribution in [3.05, 3.63) is 35.4 Å². The monoisotopic (exact) mass is 268 g/mol. The first kappa shape index (κ1) is 13.9. The first-order valence-electron chi connectivity index (χ1n) is 6.56. The molecule has 2 rings (SSSR count). The highest BCUT2D eigenvalue weighted by Crippen LogP contribution is 2.19. The Kier molecular flexibility index (Phi) is 4.47. The molecule has 0 bridgehead atoms. The van der Waals surface area contributed by atoms with Crippen molar-refractivity contribution in [3.8, 4) is 0 Å². The SMILES string of the molecule is CC(NC1CCCCNC1=O)c1cc(F)ccc1F. The molecule has 1 amide bonds. The zero-order chi connectivity index (χ0) is 13.8. The predicted molar refractivity (Wildman–Crippen MR) is 68.6 cm³/mol. The lowest BCUT2D eigenvalue weighted by Gasteiger charge is -2.21. The maximum atomic E-state index is 13.6. The van der Waals surface area contributed by atoms with Crippen LogP contribution >= 0.6 is 0 Å². The number of carbonyl (C=O) groups is 1. The Morgan fingerprint density at radius 2 is 2.16 bits per heavy atom. The van der Waals surface area contributed by atoms with Crippen molar-refractivity contribution in [2.75, 3.05) is 6.54 Å². The lowest BCUT2D eigenvalue weighted by Crippen LogP contribution is -2.43. The van der Waals surface area contributed by atoms with Crippen molar-refractivity contribution in [1.82, 2.24) is 10.6 Å². The number of nitrogens with one attached hydrogen (secondary N) is 2. The Hall–Kier alpha value is -1.49. The van der Waals surface area contributed by atoms with E-state index in [0.717, 1.165) is 25.0 Å². The van der Waals surface area contributed by atoms with Crippen LogP contribution in [0.1, 0.15) is 37.8 Å². The van der Waals surface area contributed by atoms with Gasteiger partial charge < -0.3 is 5.32 Å². The molecule has 1 aliphatic rings. The van der Waals surface area contributed by atoms with Crippen LogP contribution in [0.3, 0.4) is 0 Å². The quantitative estimate of drug-likeness (QED) is 0.883. The van der Waals surface area contributed by atoms with Gasteiger partial charge in [-0.15, -0.1) is 0 Å². The van der Waals surface area contributed by atoms with Crippen LogP contribution in [0.15, 0.2) is 18.2 Å². The molecule has 1 aromatic rings. The van der Waals surface area contributed by atoms with Crippen LogP contribution in [-0.2, 0) is 4.79 Å². The van der Waals surface area contributed by atoms with Gasteiger partial charge in [-0.3, -0.25) is 10.1 Å². The normalized spacial score (nSPS) is 21.6. The lowest BCUT2D eigenvalue weighted by atomic mass is 10.0. The van der Waals surface area contributed by atoms with E-state index < -0.39 is 17.7 Å². The van der Waals surface area contributed by atoms with E-state index in [2.05, 4.69) is 10.6 Å². The summed E-state index contributed by atoms with van der Waals surface area (Å²) in [5.41, 5.74) is 0.247. The fraction of sp³-hybridized carbons (Fsp3) is 0.500. The molecule has 0 spiro atoms. The molecule has 0 radical (unpaired) electrons. The highest BCUT2D eigenvalue weighted by atomic mass is 19.1. The highest BCUT2D eigenvalue weighted by Gasteiger charge is 2.23. The minimum absolute atomic E-state index is 0.0684. The van der Waals surface area contributed by atoms with Crippen LogP contribution in [-0.4, -0.2) is 18.5 Å². The average Bonchev–Trinajstić information content (AvgIpc) is 2.58. The van der Waals surface area contributed by atoms with Crippen LogP contribution in [0.2, 0.25) is 0 Å². The first-order valence-corrected chi connectivity index (χ1v) is 6.56. The molecule has 2 unspecified atom stereocenters. The van der Waals surface area contributed by atoms with Gasteiger partial charge in [0.25, 0.3) is 0 Å². The summed E-state index contributed by atoms with van der Waals surface area (Å²) in [6.45, 7) is 2.41. The second kappa shape index (κ2) is 6.10. The van der Waals surface area contributed by atoms with Gasteiger partial charge in [-0.2, -0.15) is 0 Å². The van der Waals surface area contributed by atoms with Crippen LogP contribution in [0.5, 0.6) is 0 Å². The second-order valence-corrected chi connectivity index (χ2v) is 4.89. The average molecular weight is 268 g/mol. The van der Waals surface area contributed by atoms with E-state index in [-0.39, 0.29) is 17.5 Å². The molecule has 1 aliphatic heterocycles. The van der Waals surface area contributed by atoms with E-state index in [4.69, 9.17) is 0 Å². The topological polar surface area (TPSA) is 41.1 Å². The largest absolute Gasteiger partial charge is 0.355 e. The summed E-state index contributed by atoms with van der Waals surface area (Å²) >= 11 is 0. The number of hydrogen-bond acceptors (Lipinski definition) is 2. The van der Waals surface area contributed by atoms with Gasteiger partial charge in [0.05, 0.1) is 6.04 Å². The molecule has 3 nitrogen and oxygen atoms in total. The van der Waals surface area contributed by atoms with Gasteiger partial charge in [0, 0.05) is 18.2 Å². The fourth-order valence-electron chi connectivity index (χ4n) is 2.34. The Bertz CT molecular complexity index is 465. The van der Waals surface area contributed by atoms with Crippen LogP contribution in [0, 0.1) is 11.6 Å². The minimum Gasteiger partial charge on any atom is -0.355 e. The number of amides is 1. The summed E-state index contributed by atoms with van der Waals surface area (Å²) in [4.78, 5) is 11.8. The Balaban J connectivity index is 2.09. The molecule has 0 aromatic heterocycles. The van der Waals surface area contributed by atoms with E-state index in [0.29, 0.717) is 13.0 Å². The van der Waals surface area contributed by atoms with Crippen molar-refractivity contribution in [1.29, 1.82) is 0 Å². The van der Waals surface area contributed by atoms with Gasteiger partial charge >= 0.3 is 0 Å². The number of hydrogen-bond donors (Lipinski definition) is 2. The Morgan fingerprint density at radius 1 is 1.37 bits per heavy atom. The van der Waals surface area contributed by atoms with E-state index in [1.807, 2.05) is 0 Å². The van der Waals surface area contributed by atoms with Crippen LogP contribution in [0.25, 0.3) is 0 Å². The van der Waals surface area contributed by atoms with Gasteiger partial charge in [0.1, 0.15) is 11.6 Å². The van der Waals surface area contributed by atoms with Crippen molar-refractivity contribution < 1.29 is 13.6 Å². The number of rotatable bonds is 3. The summed E-state index contributed by atoms with van der Waals surface area (Å²) in [6.07, 6.45) is 2.61. The van der Waals surface area contributed by atoms with E-state index in [1.165, 1.54) is 6.07 Å². The minimum atomic E-state index is -0.477. The molecular formula is C14H18F2N2O. The summed E-state index contributed by atoms with van der Waals surface area (Å²) in [5.74, 6) is -1.01. The van der Waals surface area contributed by atoms with Gasteiger partial charge in [-0.25, -0.2) is 8.78 Å². The molecule has 104 valence electrons. The van der Waals surface area contributed by atoms with Gasteiger partial charge in [-0.05, 0) is 44.4 Å². The molecule has 5 heteroatoms. The summed E-state index contributed by atoms with van der Waals surface area (Å²) < 4.78 is 26.8. The van der Waals surface area contributed by atoms with E-state index in [9.17, 15) is 13.6 Å². The third-order valence-electron chi connectivity index (χ3n) is 3.41. The van der Waals surface area contributed by atoms with Gasteiger partial charge in [0.15, 0.2) is 0 Å². The summed E-state index contributed by atoms with van der Waals surface area (Å²) in [5, 5.41) is 5.88. The van der Waals surface area contributed by atoms with Crippen molar-refractivity contribution in [3.63, 3.8) is 0 Å². The van der Waals surface area contributed by atoms with Crippen LogP contribution < -0.4 is 10.6 Å². The summed E-state index contributed by atoms with van der Waals surface area (Å²) in [6, 6.07) is 2.60. The van der Waals surface area contributed by atoms with E-state index >= 15 is 0 Å². The van der Waals surface area contributed by atoms with Gasteiger partial charge in [-0.1, -0.05) is 0 Å². The standard InChI is InChI=1S/C14H18F2N2O/c1-9(11-8-10(15)5-6-12(11)16)18-13-4-2-3-7-17-14(13)19/h5-6,8-9,13,18H,2-4,7H2,1H3,(H,17,19). The molecule has 1 aromatic carbocycles. The first-order chi connectivity index (χ1) is 9.08. The molecule has 1 heterocycles. The summed E-state index contributed by atoms with van der Waals surface area (Å²) in [7, 11) is 0. The molecule has 2 N–H and O–H groups in total. The van der Waals surface area contributed by atoms with Gasteiger partial charge in [0.2, 0.25) is 5.91 Å². The number of benzene rings is 1. The zero-order valence-electron chi connectivity index (χ0n) is 10.9. The highest BCUT2D eigenvalue weighted by molar-refractivity contribution is 5.81. The molecular weight excluding hydrogens is 250 g/mol. The third kappa shape index (κ3) is 3.50. The van der Waals surface area contributed by atoms with Crippen molar-refractivity contribution in [2.24, 2.45) is 0 Å². The molecule has 2 atom stereocenters. The zero-order valence-corrected chi connectivity index (χ0v) is 10.9. The molecule has 0 aliphatic carbocycles. The fourth-order valence-corrected chi connectivity index (χ4v) is 2.34. The molecule has 19 heavy (non-hydrogen) atoms. The van der Waals surface area contributed by atoms with Crippen molar-refractivity contribution >= 4 is 5.91 Å². The van der Waals surface area contributed by atoms with Crippen molar-refractivity contribution in [2.45, 2.75) is 38.3 Å². The maximum Gasteiger partial charge on any atom is 0.237 e. The number of halogens is 2. The predicted octanol–water partition coefficient (Wildman–Crippen LogP) is 2.28. The van der Waals surface area contributed by atoms with E-state index in [1.54, 1.807) is 6.92 Å². The second-order valence-electron chi connectivity index (χ2n) is 4.89. The smallest absolute Gasteiger partial charge is 0.237 e. The third-order valence-corrected chi connectivity index (χ3v) is 3.41. The molecule has 1 saturated heterocycles.